The normalized spacial score (nSPS) is 13.4. The van der Waals surface area contributed by atoms with E-state index in [0.29, 0.717) is 44.2 Å². The minimum atomic E-state index is -0.260. The summed E-state index contributed by atoms with van der Waals surface area (Å²) in [5, 5.41) is 3.03. The number of aryl methyl sites for hydroxylation is 2. The first-order valence-electron chi connectivity index (χ1n) is 11.3. The number of nitrogens with one attached hydrogen (secondary N) is 1. The maximum atomic E-state index is 12.3. The summed E-state index contributed by atoms with van der Waals surface area (Å²) in [6.45, 7) is 6.77. The van der Waals surface area contributed by atoms with Crippen molar-refractivity contribution in [2.24, 2.45) is 5.92 Å². The first-order valence-corrected chi connectivity index (χ1v) is 11.3. The summed E-state index contributed by atoms with van der Waals surface area (Å²) in [5.74, 6) is 0.350. The lowest BCUT2D eigenvalue weighted by Gasteiger charge is -2.31. The summed E-state index contributed by atoms with van der Waals surface area (Å²) < 4.78 is 9.30. The van der Waals surface area contributed by atoms with E-state index in [9.17, 15) is 9.59 Å². The lowest BCUT2D eigenvalue weighted by molar-refractivity contribution is -0.126. The highest BCUT2D eigenvalue weighted by Gasteiger charge is 2.24. The number of hydrogen-bond donors (Lipinski definition) is 1. The zero-order valence-corrected chi connectivity index (χ0v) is 19.7. The third kappa shape index (κ3) is 8.96. The molecule has 0 saturated carbocycles. The van der Waals surface area contributed by atoms with Gasteiger partial charge in [0.15, 0.2) is 0 Å². The molecule has 178 valence electrons. The third-order valence-corrected chi connectivity index (χ3v) is 5.63. The van der Waals surface area contributed by atoms with Crippen LogP contribution in [0, 0.1) is 12.8 Å². The second-order valence-corrected chi connectivity index (χ2v) is 8.06. The lowest BCUT2D eigenvalue weighted by atomic mass is 9.97. The molecule has 7 nitrogen and oxygen atoms in total. The van der Waals surface area contributed by atoms with Crippen molar-refractivity contribution in [3.8, 4) is 0 Å². The number of ether oxygens (including phenoxy) is 2. The number of methoxy groups -OCH3 is 1. The van der Waals surface area contributed by atoms with Gasteiger partial charge in [-0.15, -0.1) is 0 Å². The predicted molar refractivity (Wildman–Crippen MR) is 127 cm³/mol. The molecule has 1 aliphatic rings. The van der Waals surface area contributed by atoms with E-state index < -0.39 is 0 Å². The van der Waals surface area contributed by atoms with Crippen LogP contribution in [0.3, 0.4) is 0 Å². The van der Waals surface area contributed by atoms with Gasteiger partial charge in [-0.05, 0) is 55.4 Å². The van der Waals surface area contributed by atoms with Gasteiger partial charge in [0.05, 0.1) is 7.11 Å². The van der Waals surface area contributed by atoms with E-state index in [1.165, 1.54) is 18.2 Å². The van der Waals surface area contributed by atoms with Crippen molar-refractivity contribution in [3.05, 3.63) is 70.8 Å². The minimum Gasteiger partial charge on any atom is -0.471 e. The fourth-order valence-electron chi connectivity index (χ4n) is 3.47. The number of carbonyl (C=O) groups excluding carboxylic acids is 3. The van der Waals surface area contributed by atoms with Crippen LogP contribution in [0.15, 0.2) is 48.5 Å². The lowest BCUT2D eigenvalue weighted by Crippen LogP contribution is -2.41. The molecule has 0 spiro atoms. The van der Waals surface area contributed by atoms with Gasteiger partial charge in [-0.25, -0.2) is 4.79 Å². The molecule has 2 aromatic rings. The Hall–Kier alpha value is -3.35. The predicted octanol–water partition coefficient (Wildman–Crippen LogP) is 4.13. The van der Waals surface area contributed by atoms with Crippen molar-refractivity contribution < 1.29 is 23.9 Å². The Morgan fingerprint density at radius 2 is 1.61 bits per heavy atom. The monoisotopic (exact) mass is 454 g/mol. The first kappa shape index (κ1) is 25.9. The molecule has 2 amide bonds. The Kier molecular flexibility index (Phi) is 10.9. The van der Waals surface area contributed by atoms with Gasteiger partial charge in [-0.3, -0.25) is 9.59 Å². The standard InChI is InChI=1S/C24H30N2O3.C2H4O2/c1-3-19-8-10-22(11-9-19)23(27)25-16-20-12-14-26(15-13-20)24(28)29-17-21-6-4-18(2)5-7-21;1-4-2-3/h4-11,20H,3,12-17H2,1-2H3,(H,25,27);2H,1H3. The number of hydrogen-bond acceptors (Lipinski definition) is 5. The summed E-state index contributed by atoms with van der Waals surface area (Å²) in [7, 11) is 1.31. The zero-order valence-electron chi connectivity index (χ0n) is 19.7. The Balaban J connectivity index is 0.000000890. The van der Waals surface area contributed by atoms with Gasteiger partial charge in [-0.1, -0.05) is 48.9 Å². The Labute approximate surface area is 196 Å². The zero-order chi connectivity index (χ0) is 24.1. The van der Waals surface area contributed by atoms with Crippen molar-refractivity contribution >= 4 is 18.5 Å². The average Bonchev–Trinajstić information content (AvgIpc) is 2.87. The second kappa shape index (κ2) is 13.9. The fraction of sp³-hybridized carbons (Fsp3) is 0.423. The van der Waals surface area contributed by atoms with E-state index in [1.807, 2.05) is 55.5 Å². The minimum absolute atomic E-state index is 0.0346. The van der Waals surface area contributed by atoms with Crippen molar-refractivity contribution in [2.75, 3.05) is 26.7 Å². The van der Waals surface area contributed by atoms with Crippen LogP contribution in [-0.4, -0.2) is 50.1 Å². The second-order valence-electron chi connectivity index (χ2n) is 8.06. The van der Waals surface area contributed by atoms with E-state index in [2.05, 4.69) is 17.0 Å². The SMILES string of the molecule is CCc1ccc(C(=O)NCC2CCN(C(=O)OCc3ccc(C)cc3)CC2)cc1.COC=O. The summed E-state index contributed by atoms with van der Waals surface area (Å²) >= 11 is 0. The quantitative estimate of drug-likeness (QED) is 0.636. The molecule has 2 aromatic carbocycles. The van der Waals surface area contributed by atoms with Gasteiger partial charge < -0.3 is 19.7 Å². The number of benzene rings is 2. The van der Waals surface area contributed by atoms with Crippen LogP contribution in [0.2, 0.25) is 0 Å². The molecule has 0 radical (unpaired) electrons. The summed E-state index contributed by atoms with van der Waals surface area (Å²) in [6.07, 6.45) is 2.45. The van der Waals surface area contributed by atoms with Crippen molar-refractivity contribution in [3.63, 3.8) is 0 Å². The van der Waals surface area contributed by atoms with E-state index in [1.54, 1.807) is 4.90 Å². The third-order valence-electron chi connectivity index (χ3n) is 5.63. The summed E-state index contributed by atoms with van der Waals surface area (Å²) in [6, 6.07) is 15.7. The molecule has 1 fully saturated rings. The highest BCUT2D eigenvalue weighted by molar-refractivity contribution is 5.94. The molecule has 0 aromatic heterocycles. The Morgan fingerprint density at radius 3 is 2.15 bits per heavy atom. The molecule has 7 heteroatoms. The van der Waals surface area contributed by atoms with Crippen LogP contribution >= 0.6 is 0 Å². The van der Waals surface area contributed by atoms with Crippen LogP contribution < -0.4 is 5.32 Å². The van der Waals surface area contributed by atoms with E-state index in [4.69, 9.17) is 9.53 Å². The van der Waals surface area contributed by atoms with Gasteiger partial charge in [0, 0.05) is 25.2 Å². The molecule has 0 atom stereocenters. The van der Waals surface area contributed by atoms with Gasteiger partial charge in [0.2, 0.25) is 0 Å². The summed E-state index contributed by atoms with van der Waals surface area (Å²) in [4.78, 5) is 35.3. The molecule has 0 unspecified atom stereocenters. The van der Waals surface area contributed by atoms with Crippen LogP contribution in [0.25, 0.3) is 0 Å². The molecular weight excluding hydrogens is 420 g/mol. The smallest absolute Gasteiger partial charge is 0.410 e. The van der Waals surface area contributed by atoms with Crippen LogP contribution in [0.1, 0.15) is 46.8 Å². The highest BCUT2D eigenvalue weighted by atomic mass is 16.6. The number of rotatable bonds is 7. The van der Waals surface area contributed by atoms with Crippen molar-refractivity contribution in [2.45, 2.75) is 39.7 Å². The Morgan fingerprint density at radius 1 is 1.03 bits per heavy atom. The van der Waals surface area contributed by atoms with Gasteiger partial charge >= 0.3 is 6.09 Å². The fourth-order valence-corrected chi connectivity index (χ4v) is 3.47. The molecule has 0 bridgehead atoms. The van der Waals surface area contributed by atoms with Crippen LogP contribution in [0.4, 0.5) is 4.79 Å². The molecule has 1 aliphatic heterocycles. The molecule has 33 heavy (non-hydrogen) atoms. The van der Waals surface area contributed by atoms with Gasteiger partial charge in [0.25, 0.3) is 12.4 Å². The van der Waals surface area contributed by atoms with Gasteiger partial charge in [-0.2, -0.15) is 0 Å². The molecule has 3 rings (SSSR count). The molecule has 1 saturated heterocycles. The maximum Gasteiger partial charge on any atom is 0.410 e. The van der Waals surface area contributed by atoms with E-state index in [0.717, 1.165) is 24.8 Å². The first-order chi connectivity index (χ1) is 16.0. The summed E-state index contributed by atoms with van der Waals surface area (Å²) in [5.41, 5.74) is 4.10. The molecule has 0 aliphatic carbocycles. The van der Waals surface area contributed by atoms with E-state index >= 15 is 0 Å². The van der Waals surface area contributed by atoms with Crippen LogP contribution in [0.5, 0.6) is 0 Å². The number of likely N-dealkylation sites (tertiary alicyclic amines) is 1. The maximum absolute atomic E-state index is 12.3. The van der Waals surface area contributed by atoms with Gasteiger partial charge in [0.1, 0.15) is 6.61 Å². The Bertz CT molecular complexity index is 873. The van der Waals surface area contributed by atoms with Crippen LogP contribution in [-0.2, 0) is 27.3 Å². The number of amides is 2. The number of carbonyl (C=O) groups is 3. The van der Waals surface area contributed by atoms with E-state index in [-0.39, 0.29) is 12.0 Å². The highest BCUT2D eigenvalue weighted by Crippen LogP contribution is 2.18. The van der Waals surface area contributed by atoms with Crippen molar-refractivity contribution in [1.29, 1.82) is 0 Å². The largest absolute Gasteiger partial charge is 0.471 e. The number of piperidine rings is 1. The molecule has 1 N–H and O–H groups in total. The molecule has 1 heterocycles. The number of nitrogens with zero attached hydrogens (tertiary/aromatic N) is 1. The molecular formula is C26H34N2O5. The topological polar surface area (TPSA) is 84.9 Å². The van der Waals surface area contributed by atoms with Crippen molar-refractivity contribution in [1.82, 2.24) is 10.2 Å². The average molecular weight is 455 g/mol.